The maximum Gasteiger partial charge on any atom is 0.250 e. The molecule has 1 aliphatic heterocycles. The Morgan fingerprint density at radius 3 is 2.95 bits per heavy atom. The number of ether oxygens (including phenoxy) is 1. The van der Waals surface area contributed by atoms with Crippen LogP contribution >= 0.6 is 15.9 Å². The van der Waals surface area contributed by atoms with E-state index in [1.54, 1.807) is 0 Å². The highest BCUT2D eigenvalue weighted by Crippen LogP contribution is 2.19. The lowest BCUT2D eigenvalue weighted by molar-refractivity contribution is -0.135. The van der Waals surface area contributed by atoms with E-state index >= 15 is 0 Å². The van der Waals surface area contributed by atoms with Crippen LogP contribution in [-0.4, -0.2) is 44.2 Å². The second-order valence-electron chi connectivity index (χ2n) is 4.79. The van der Waals surface area contributed by atoms with E-state index in [9.17, 15) is 9.59 Å². The molecule has 2 rings (SSSR count). The van der Waals surface area contributed by atoms with Crippen molar-refractivity contribution < 1.29 is 14.3 Å². The van der Waals surface area contributed by atoms with Gasteiger partial charge < -0.3 is 20.7 Å². The second kappa shape index (κ2) is 7.53. The predicted octanol–water partition coefficient (Wildman–Crippen LogP) is 0.801. The molecule has 1 aromatic carbocycles. The molecule has 2 amide bonds. The van der Waals surface area contributed by atoms with E-state index in [0.29, 0.717) is 13.2 Å². The van der Waals surface area contributed by atoms with Gasteiger partial charge in [0.1, 0.15) is 6.10 Å². The highest BCUT2D eigenvalue weighted by Gasteiger charge is 2.21. The number of aryl methyl sites for hydroxylation is 1. The fourth-order valence-corrected chi connectivity index (χ4v) is 2.45. The van der Waals surface area contributed by atoms with Gasteiger partial charge in [-0.3, -0.25) is 9.59 Å². The van der Waals surface area contributed by atoms with Gasteiger partial charge in [0, 0.05) is 23.2 Å². The summed E-state index contributed by atoms with van der Waals surface area (Å²) in [7, 11) is 0. The molecule has 1 aliphatic rings. The van der Waals surface area contributed by atoms with Crippen molar-refractivity contribution in [3.8, 4) is 0 Å². The molecule has 0 bridgehead atoms. The summed E-state index contributed by atoms with van der Waals surface area (Å²) in [5, 5.41) is 8.41. The minimum absolute atomic E-state index is 0.0752. The molecule has 114 valence electrons. The molecule has 1 heterocycles. The van der Waals surface area contributed by atoms with Gasteiger partial charge in [0.25, 0.3) is 5.91 Å². The summed E-state index contributed by atoms with van der Waals surface area (Å²) < 4.78 is 6.26. The van der Waals surface area contributed by atoms with Gasteiger partial charge in [-0.15, -0.1) is 0 Å². The summed E-state index contributed by atoms with van der Waals surface area (Å²) in [4.78, 5) is 23.6. The summed E-state index contributed by atoms with van der Waals surface area (Å²) in [6.07, 6.45) is -0.527. The van der Waals surface area contributed by atoms with E-state index < -0.39 is 6.10 Å². The fourth-order valence-electron chi connectivity index (χ4n) is 1.98. The van der Waals surface area contributed by atoms with Crippen molar-refractivity contribution in [3.63, 3.8) is 0 Å². The standard InChI is InChI=1S/C14H18BrN3O3/c1-9-6-10(15)2-3-11(9)18-13(19)8-17-14(20)12-7-16-4-5-21-12/h2-3,6,12,16H,4-5,7-8H2,1H3,(H,17,20)(H,18,19). The van der Waals surface area contributed by atoms with Crippen LogP contribution in [0.15, 0.2) is 22.7 Å². The largest absolute Gasteiger partial charge is 0.366 e. The van der Waals surface area contributed by atoms with Gasteiger partial charge in [-0.2, -0.15) is 0 Å². The number of carbonyl (C=O) groups is 2. The molecule has 0 spiro atoms. The smallest absolute Gasteiger partial charge is 0.250 e. The number of nitrogens with one attached hydrogen (secondary N) is 3. The number of anilines is 1. The van der Waals surface area contributed by atoms with Crippen molar-refractivity contribution >= 4 is 33.4 Å². The third-order valence-electron chi connectivity index (χ3n) is 3.11. The first-order valence-electron chi connectivity index (χ1n) is 6.72. The fraction of sp³-hybridized carbons (Fsp3) is 0.429. The van der Waals surface area contributed by atoms with Gasteiger partial charge in [0.15, 0.2) is 0 Å². The van der Waals surface area contributed by atoms with E-state index in [4.69, 9.17) is 4.74 Å². The predicted molar refractivity (Wildman–Crippen MR) is 83.1 cm³/mol. The van der Waals surface area contributed by atoms with Crippen molar-refractivity contribution in [1.29, 1.82) is 0 Å². The van der Waals surface area contributed by atoms with Crippen molar-refractivity contribution in [1.82, 2.24) is 10.6 Å². The Labute approximate surface area is 131 Å². The number of carbonyl (C=O) groups excluding carboxylic acids is 2. The Balaban J connectivity index is 1.80. The van der Waals surface area contributed by atoms with Crippen LogP contribution in [0, 0.1) is 6.92 Å². The normalized spacial score (nSPS) is 18.1. The summed E-state index contributed by atoms with van der Waals surface area (Å²) in [6, 6.07) is 5.58. The zero-order valence-electron chi connectivity index (χ0n) is 11.7. The quantitative estimate of drug-likeness (QED) is 0.746. The van der Waals surface area contributed by atoms with Crippen molar-refractivity contribution in [2.24, 2.45) is 0 Å². The van der Waals surface area contributed by atoms with Crippen LogP contribution in [-0.2, 0) is 14.3 Å². The maximum absolute atomic E-state index is 11.8. The molecule has 1 atom stereocenters. The lowest BCUT2D eigenvalue weighted by Gasteiger charge is -2.22. The molecule has 1 unspecified atom stereocenters. The lowest BCUT2D eigenvalue weighted by Crippen LogP contribution is -2.49. The van der Waals surface area contributed by atoms with Crippen LogP contribution < -0.4 is 16.0 Å². The first kappa shape index (κ1) is 15.9. The van der Waals surface area contributed by atoms with Gasteiger partial charge in [-0.1, -0.05) is 15.9 Å². The molecule has 7 heteroatoms. The van der Waals surface area contributed by atoms with E-state index in [1.165, 1.54) is 0 Å². The average Bonchev–Trinajstić information content (AvgIpc) is 2.48. The van der Waals surface area contributed by atoms with E-state index in [1.807, 2.05) is 25.1 Å². The monoisotopic (exact) mass is 355 g/mol. The Hall–Kier alpha value is -1.44. The van der Waals surface area contributed by atoms with Crippen molar-refractivity contribution in [3.05, 3.63) is 28.2 Å². The second-order valence-corrected chi connectivity index (χ2v) is 5.70. The van der Waals surface area contributed by atoms with Gasteiger partial charge >= 0.3 is 0 Å². The molecule has 1 saturated heterocycles. The summed E-state index contributed by atoms with van der Waals surface area (Å²) in [5.74, 6) is -0.539. The molecular formula is C14H18BrN3O3. The van der Waals surface area contributed by atoms with E-state index in [2.05, 4.69) is 31.9 Å². The number of benzene rings is 1. The molecule has 3 N–H and O–H groups in total. The summed E-state index contributed by atoms with van der Waals surface area (Å²) in [5.41, 5.74) is 1.68. The topological polar surface area (TPSA) is 79.5 Å². The molecule has 0 aliphatic carbocycles. The highest BCUT2D eigenvalue weighted by atomic mass is 79.9. The number of morpholine rings is 1. The maximum atomic E-state index is 11.8. The van der Waals surface area contributed by atoms with E-state index in [0.717, 1.165) is 22.3 Å². The Bertz CT molecular complexity index is 530. The first-order valence-corrected chi connectivity index (χ1v) is 7.51. The van der Waals surface area contributed by atoms with Crippen LogP contribution in [0.3, 0.4) is 0 Å². The van der Waals surface area contributed by atoms with Gasteiger partial charge in [0.05, 0.1) is 13.2 Å². The molecule has 0 radical (unpaired) electrons. The molecule has 1 fully saturated rings. The SMILES string of the molecule is Cc1cc(Br)ccc1NC(=O)CNC(=O)C1CNCCO1. The number of hydrogen-bond donors (Lipinski definition) is 3. The Morgan fingerprint density at radius 2 is 2.29 bits per heavy atom. The van der Waals surface area contributed by atoms with Gasteiger partial charge in [-0.25, -0.2) is 0 Å². The summed E-state index contributed by atoms with van der Waals surface area (Å²) >= 11 is 3.37. The zero-order chi connectivity index (χ0) is 15.2. The molecular weight excluding hydrogens is 338 g/mol. The van der Waals surface area contributed by atoms with Crippen LogP contribution in [0.2, 0.25) is 0 Å². The Morgan fingerprint density at radius 1 is 1.48 bits per heavy atom. The minimum Gasteiger partial charge on any atom is -0.366 e. The third kappa shape index (κ3) is 4.80. The van der Waals surface area contributed by atoms with Crippen LogP contribution in [0.1, 0.15) is 5.56 Å². The third-order valence-corrected chi connectivity index (χ3v) is 3.60. The molecule has 21 heavy (non-hydrogen) atoms. The van der Waals surface area contributed by atoms with Gasteiger partial charge in [0.2, 0.25) is 5.91 Å². The van der Waals surface area contributed by atoms with Crippen LogP contribution in [0.25, 0.3) is 0 Å². The molecule has 1 aromatic rings. The Kier molecular flexibility index (Phi) is 5.72. The minimum atomic E-state index is -0.527. The molecule has 6 nitrogen and oxygen atoms in total. The van der Waals surface area contributed by atoms with Crippen molar-refractivity contribution in [2.75, 3.05) is 31.6 Å². The first-order chi connectivity index (χ1) is 10.1. The molecule has 0 saturated carbocycles. The highest BCUT2D eigenvalue weighted by molar-refractivity contribution is 9.10. The van der Waals surface area contributed by atoms with Crippen LogP contribution in [0.5, 0.6) is 0 Å². The van der Waals surface area contributed by atoms with E-state index in [-0.39, 0.29) is 18.4 Å². The number of amides is 2. The lowest BCUT2D eigenvalue weighted by atomic mass is 10.2. The number of halogens is 1. The number of hydrogen-bond acceptors (Lipinski definition) is 4. The zero-order valence-corrected chi connectivity index (χ0v) is 13.3. The van der Waals surface area contributed by atoms with Crippen LogP contribution in [0.4, 0.5) is 5.69 Å². The molecule has 0 aromatic heterocycles. The summed E-state index contributed by atoms with van der Waals surface area (Å²) in [6.45, 7) is 3.55. The number of rotatable bonds is 4. The van der Waals surface area contributed by atoms with Gasteiger partial charge in [-0.05, 0) is 30.7 Å². The van der Waals surface area contributed by atoms with Crippen molar-refractivity contribution in [2.45, 2.75) is 13.0 Å². The average molecular weight is 356 g/mol.